The van der Waals surface area contributed by atoms with Gasteiger partial charge in [-0.25, -0.2) is 4.98 Å². The van der Waals surface area contributed by atoms with E-state index in [0.29, 0.717) is 11.4 Å². The van der Waals surface area contributed by atoms with E-state index in [0.717, 1.165) is 29.7 Å². The summed E-state index contributed by atoms with van der Waals surface area (Å²) < 4.78 is 7.20. The molecule has 0 fully saturated rings. The highest BCUT2D eigenvalue weighted by molar-refractivity contribution is 6.04. The minimum absolute atomic E-state index is 0.194. The van der Waals surface area contributed by atoms with Crippen LogP contribution in [0, 0.1) is 0 Å². The van der Waals surface area contributed by atoms with E-state index in [-0.39, 0.29) is 5.91 Å². The molecule has 0 radical (unpaired) electrons. The van der Waals surface area contributed by atoms with Crippen LogP contribution in [0.3, 0.4) is 0 Å². The number of ether oxygens (including phenoxy) is 1. The van der Waals surface area contributed by atoms with Crippen molar-refractivity contribution in [3.8, 4) is 5.88 Å². The molecule has 0 saturated heterocycles. The van der Waals surface area contributed by atoms with Gasteiger partial charge < -0.3 is 19.5 Å². The molecule has 3 aromatic rings. The molecule has 0 aliphatic rings. The lowest BCUT2D eigenvalue weighted by Crippen LogP contribution is -2.18. The van der Waals surface area contributed by atoms with Gasteiger partial charge in [-0.05, 0) is 43.7 Å². The SMILES string of the molecule is COc1ccc(C(=O)Nc2ccc3ccn(CCN(C)C)c3c2)cn1. The average molecular weight is 338 g/mol. The van der Waals surface area contributed by atoms with Gasteiger partial charge in [-0.2, -0.15) is 0 Å². The van der Waals surface area contributed by atoms with E-state index in [2.05, 4.69) is 46.1 Å². The number of rotatable bonds is 6. The lowest BCUT2D eigenvalue weighted by Gasteiger charge is -2.12. The molecule has 1 N–H and O–H groups in total. The molecule has 0 aliphatic heterocycles. The molecule has 0 spiro atoms. The Morgan fingerprint density at radius 2 is 2.08 bits per heavy atom. The van der Waals surface area contributed by atoms with Crippen LogP contribution in [0.15, 0.2) is 48.8 Å². The van der Waals surface area contributed by atoms with Crippen molar-refractivity contribution in [3.63, 3.8) is 0 Å². The molecule has 6 nitrogen and oxygen atoms in total. The van der Waals surface area contributed by atoms with Crippen molar-refractivity contribution in [2.24, 2.45) is 0 Å². The Balaban J connectivity index is 1.78. The third-order valence-corrected chi connectivity index (χ3v) is 4.03. The van der Waals surface area contributed by atoms with E-state index >= 15 is 0 Å². The fourth-order valence-electron chi connectivity index (χ4n) is 2.60. The second kappa shape index (κ2) is 7.36. The maximum absolute atomic E-state index is 12.4. The Bertz CT molecular complexity index is 869. The Kier molecular flexibility index (Phi) is 5.00. The van der Waals surface area contributed by atoms with Crippen LogP contribution in [0.4, 0.5) is 5.69 Å². The molecular weight excluding hydrogens is 316 g/mol. The number of aromatic nitrogens is 2. The van der Waals surface area contributed by atoms with Gasteiger partial charge in [-0.3, -0.25) is 4.79 Å². The van der Waals surface area contributed by atoms with Crippen LogP contribution in [0.25, 0.3) is 10.9 Å². The molecule has 0 unspecified atom stereocenters. The van der Waals surface area contributed by atoms with E-state index in [4.69, 9.17) is 4.74 Å². The summed E-state index contributed by atoms with van der Waals surface area (Å²) in [5.74, 6) is 0.289. The molecule has 6 heteroatoms. The van der Waals surface area contributed by atoms with Gasteiger partial charge in [-0.15, -0.1) is 0 Å². The molecule has 2 heterocycles. The summed E-state index contributed by atoms with van der Waals surface area (Å²) in [4.78, 5) is 18.6. The van der Waals surface area contributed by atoms with Crippen molar-refractivity contribution in [1.82, 2.24) is 14.5 Å². The molecule has 130 valence electrons. The highest BCUT2D eigenvalue weighted by Gasteiger charge is 2.09. The number of nitrogens with zero attached hydrogens (tertiary/aromatic N) is 3. The first-order valence-corrected chi connectivity index (χ1v) is 8.12. The van der Waals surface area contributed by atoms with Crippen LogP contribution in [-0.2, 0) is 6.54 Å². The maximum Gasteiger partial charge on any atom is 0.257 e. The first-order valence-electron chi connectivity index (χ1n) is 8.12. The fraction of sp³-hybridized carbons (Fsp3) is 0.263. The molecule has 25 heavy (non-hydrogen) atoms. The van der Waals surface area contributed by atoms with Crippen molar-refractivity contribution in [1.29, 1.82) is 0 Å². The van der Waals surface area contributed by atoms with Crippen molar-refractivity contribution < 1.29 is 9.53 Å². The van der Waals surface area contributed by atoms with E-state index < -0.39 is 0 Å². The van der Waals surface area contributed by atoms with Crippen LogP contribution in [0.5, 0.6) is 5.88 Å². The summed E-state index contributed by atoms with van der Waals surface area (Å²) in [5.41, 5.74) is 2.36. The molecule has 0 bridgehead atoms. The van der Waals surface area contributed by atoms with Crippen LogP contribution in [0.2, 0.25) is 0 Å². The molecule has 0 atom stereocenters. The van der Waals surface area contributed by atoms with Crippen LogP contribution in [-0.4, -0.2) is 48.1 Å². The molecule has 0 saturated carbocycles. The number of methoxy groups -OCH3 is 1. The second-order valence-electron chi connectivity index (χ2n) is 6.13. The van der Waals surface area contributed by atoms with Crippen molar-refractivity contribution in [2.45, 2.75) is 6.54 Å². The number of hydrogen-bond acceptors (Lipinski definition) is 4. The van der Waals surface area contributed by atoms with Crippen LogP contribution in [0.1, 0.15) is 10.4 Å². The van der Waals surface area contributed by atoms with Gasteiger partial charge in [0, 0.05) is 37.2 Å². The summed E-state index contributed by atoms with van der Waals surface area (Å²) in [6.07, 6.45) is 3.58. The quantitative estimate of drug-likeness (QED) is 0.751. The summed E-state index contributed by atoms with van der Waals surface area (Å²) in [6, 6.07) is 11.4. The normalized spacial score (nSPS) is 11.0. The van der Waals surface area contributed by atoms with Gasteiger partial charge in [-0.1, -0.05) is 6.07 Å². The summed E-state index contributed by atoms with van der Waals surface area (Å²) in [6.45, 7) is 1.86. The molecule has 3 rings (SSSR count). The number of carbonyl (C=O) groups excluding carboxylic acids is 1. The number of carbonyl (C=O) groups is 1. The number of nitrogens with one attached hydrogen (secondary N) is 1. The monoisotopic (exact) mass is 338 g/mol. The minimum Gasteiger partial charge on any atom is -0.481 e. The molecular formula is C19H22N4O2. The van der Waals surface area contributed by atoms with E-state index in [1.54, 1.807) is 19.2 Å². The summed E-state index contributed by atoms with van der Waals surface area (Å²) >= 11 is 0. The first kappa shape index (κ1) is 17.0. The van der Waals surface area contributed by atoms with E-state index in [1.807, 2.05) is 18.2 Å². The highest BCUT2D eigenvalue weighted by atomic mass is 16.5. The summed E-state index contributed by atoms with van der Waals surface area (Å²) in [7, 11) is 5.66. The third-order valence-electron chi connectivity index (χ3n) is 4.03. The number of likely N-dealkylation sites (N-methyl/N-ethyl adjacent to an activating group) is 1. The number of fused-ring (bicyclic) bond motifs is 1. The molecule has 1 aromatic carbocycles. The predicted octanol–water partition coefficient (Wildman–Crippen LogP) is 2.86. The van der Waals surface area contributed by atoms with Gasteiger partial charge in [0.15, 0.2) is 0 Å². The summed E-state index contributed by atoms with van der Waals surface area (Å²) in [5, 5.41) is 4.08. The Morgan fingerprint density at radius 1 is 1.24 bits per heavy atom. The molecule has 2 aromatic heterocycles. The van der Waals surface area contributed by atoms with Crippen LogP contribution < -0.4 is 10.1 Å². The topological polar surface area (TPSA) is 59.4 Å². The van der Waals surface area contributed by atoms with Gasteiger partial charge in [0.25, 0.3) is 5.91 Å². The van der Waals surface area contributed by atoms with Gasteiger partial charge in [0.05, 0.1) is 18.2 Å². The van der Waals surface area contributed by atoms with E-state index in [1.165, 1.54) is 6.20 Å². The van der Waals surface area contributed by atoms with Gasteiger partial charge in [0.1, 0.15) is 0 Å². The predicted molar refractivity (Wildman–Crippen MR) is 99.2 cm³/mol. The average Bonchev–Trinajstić information content (AvgIpc) is 3.02. The largest absolute Gasteiger partial charge is 0.481 e. The van der Waals surface area contributed by atoms with Gasteiger partial charge >= 0.3 is 0 Å². The van der Waals surface area contributed by atoms with E-state index in [9.17, 15) is 4.79 Å². The number of hydrogen-bond donors (Lipinski definition) is 1. The van der Waals surface area contributed by atoms with Crippen molar-refractivity contribution in [2.75, 3.05) is 33.1 Å². The Labute approximate surface area is 147 Å². The highest BCUT2D eigenvalue weighted by Crippen LogP contribution is 2.21. The second-order valence-corrected chi connectivity index (χ2v) is 6.13. The Morgan fingerprint density at radius 3 is 2.76 bits per heavy atom. The van der Waals surface area contributed by atoms with Crippen LogP contribution >= 0.6 is 0 Å². The lowest BCUT2D eigenvalue weighted by atomic mass is 10.2. The zero-order valence-corrected chi connectivity index (χ0v) is 14.7. The van der Waals surface area contributed by atoms with Gasteiger partial charge in [0.2, 0.25) is 5.88 Å². The zero-order chi connectivity index (χ0) is 17.8. The number of anilines is 1. The smallest absolute Gasteiger partial charge is 0.257 e. The molecule has 0 aliphatic carbocycles. The first-order chi connectivity index (χ1) is 12.1. The van der Waals surface area contributed by atoms with Crippen molar-refractivity contribution >= 4 is 22.5 Å². The number of pyridine rings is 1. The fourth-order valence-corrected chi connectivity index (χ4v) is 2.60. The van der Waals surface area contributed by atoms with Crippen molar-refractivity contribution in [3.05, 3.63) is 54.4 Å². The third kappa shape index (κ3) is 3.97. The number of amides is 1. The lowest BCUT2D eigenvalue weighted by molar-refractivity contribution is 0.102. The zero-order valence-electron chi connectivity index (χ0n) is 14.7. The minimum atomic E-state index is -0.194. The standard InChI is InChI=1S/C19H22N4O2/c1-22(2)10-11-23-9-8-14-4-6-16(12-17(14)23)21-19(24)15-5-7-18(25-3)20-13-15/h4-9,12-13H,10-11H2,1-3H3,(H,21,24). The molecule has 1 amide bonds. The number of benzene rings is 1. The Hall–Kier alpha value is -2.86. The maximum atomic E-state index is 12.4.